The van der Waals surface area contributed by atoms with Crippen LogP contribution in [0.25, 0.3) is 10.4 Å². The number of nitriles is 1. The predicted octanol–water partition coefficient (Wildman–Crippen LogP) is 4.48. The van der Waals surface area contributed by atoms with Gasteiger partial charge in [-0.25, -0.2) is 17.2 Å². The van der Waals surface area contributed by atoms with Crippen molar-refractivity contribution in [1.29, 1.82) is 5.26 Å². The van der Waals surface area contributed by atoms with E-state index in [-0.39, 0.29) is 16.3 Å². The molecule has 1 aliphatic heterocycles. The number of hydrogen-bond donors (Lipinski definition) is 1. The van der Waals surface area contributed by atoms with Gasteiger partial charge in [0.05, 0.1) is 22.3 Å². The summed E-state index contributed by atoms with van der Waals surface area (Å²) < 4.78 is 54.0. The summed E-state index contributed by atoms with van der Waals surface area (Å²) in [6.07, 6.45) is 0. The minimum absolute atomic E-state index is 0.127. The van der Waals surface area contributed by atoms with E-state index in [1.54, 1.807) is 24.3 Å². The van der Waals surface area contributed by atoms with Crippen LogP contribution < -0.4 is 5.73 Å². The van der Waals surface area contributed by atoms with Crippen LogP contribution in [0.4, 0.5) is 8.78 Å². The topological polar surface area (TPSA) is 96.3 Å². The van der Waals surface area contributed by atoms with Crippen LogP contribution in [-0.4, -0.2) is 20.0 Å². The molecule has 2 atom stereocenters. The van der Waals surface area contributed by atoms with E-state index in [1.165, 1.54) is 38.1 Å². The van der Waals surface area contributed by atoms with E-state index in [9.17, 15) is 12.8 Å². The third kappa shape index (κ3) is 3.40. The lowest BCUT2D eigenvalue weighted by atomic mass is 9.96. The Morgan fingerprint density at radius 3 is 2.50 bits per heavy atom. The van der Waals surface area contributed by atoms with Crippen LogP contribution in [0.15, 0.2) is 59.6 Å². The summed E-state index contributed by atoms with van der Waals surface area (Å²) in [5.74, 6) is -1.91. The van der Waals surface area contributed by atoms with Crippen molar-refractivity contribution in [1.82, 2.24) is 0 Å². The molecule has 0 aliphatic carbocycles. The normalized spacial score (nSPS) is 24.5. The molecule has 2 heterocycles. The maximum atomic E-state index is 15.0. The molecule has 2 N–H and O–H groups in total. The van der Waals surface area contributed by atoms with Crippen molar-refractivity contribution in [2.24, 2.45) is 10.7 Å². The van der Waals surface area contributed by atoms with Gasteiger partial charge >= 0.3 is 0 Å². The molecule has 0 fully saturated rings. The Balaban J connectivity index is 1.84. The number of nitrogens with two attached hydrogens (primary N) is 1. The number of thiophene rings is 1. The molecule has 0 spiro atoms. The molecule has 5 nitrogen and oxygen atoms in total. The highest BCUT2D eigenvalue weighted by Gasteiger charge is 2.53. The van der Waals surface area contributed by atoms with Gasteiger partial charge in [0.25, 0.3) is 0 Å². The van der Waals surface area contributed by atoms with Crippen LogP contribution in [0.1, 0.15) is 29.9 Å². The van der Waals surface area contributed by atoms with Gasteiger partial charge in [0.1, 0.15) is 23.0 Å². The molecule has 0 saturated carbocycles. The molecule has 2 aromatic carbocycles. The number of halogens is 2. The van der Waals surface area contributed by atoms with Crippen molar-refractivity contribution < 1.29 is 17.2 Å². The molecule has 0 bridgehead atoms. The third-order valence-corrected chi connectivity index (χ3v) is 9.82. The summed E-state index contributed by atoms with van der Waals surface area (Å²) in [7, 11) is -4.01. The summed E-state index contributed by atoms with van der Waals surface area (Å²) >= 11 is 1.07. The Bertz CT molecular complexity index is 1410. The van der Waals surface area contributed by atoms with Gasteiger partial charge in [-0.2, -0.15) is 5.26 Å². The minimum Gasteiger partial charge on any atom is -0.386 e. The monoisotopic (exact) mass is 471 g/mol. The molecule has 1 aliphatic rings. The maximum Gasteiger partial charge on any atom is 0.169 e. The van der Waals surface area contributed by atoms with Gasteiger partial charge in [-0.05, 0) is 55.3 Å². The van der Waals surface area contributed by atoms with Crippen LogP contribution in [0.3, 0.4) is 0 Å². The zero-order valence-electron chi connectivity index (χ0n) is 17.3. The number of benzene rings is 2. The van der Waals surface area contributed by atoms with E-state index >= 15 is 4.39 Å². The zero-order valence-corrected chi connectivity index (χ0v) is 18.9. The minimum atomic E-state index is -4.01. The Labute approximate surface area is 188 Å². The molecule has 9 heteroatoms. The summed E-state index contributed by atoms with van der Waals surface area (Å²) in [6.45, 7) is 2.91. The molecule has 1 aromatic heterocycles. The second-order valence-electron chi connectivity index (χ2n) is 8.05. The van der Waals surface area contributed by atoms with Crippen LogP contribution in [0.5, 0.6) is 0 Å². The smallest absolute Gasteiger partial charge is 0.169 e. The van der Waals surface area contributed by atoms with Crippen molar-refractivity contribution in [2.75, 3.05) is 5.75 Å². The fraction of sp³-hybridized carbons (Fsp3) is 0.217. The van der Waals surface area contributed by atoms with Gasteiger partial charge in [0.15, 0.2) is 14.6 Å². The molecule has 164 valence electrons. The first-order valence-corrected chi connectivity index (χ1v) is 12.1. The SMILES string of the molecule is C[C@@]1(c2cccc(F)c2)C(N)=N[C@](C)(c2sc(-c3cccc(C#N)c3)cc2F)CS1(=O)=O. The van der Waals surface area contributed by atoms with Crippen molar-refractivity contribution in [3.63, 3.8) is 0 Å². The lowest BCUT2D eigenvalue weighted by molar-refractivity contribution is 0.483. The number of aliphatic imine (C=N–C) groups is 1. The lowest BCUT2D eigenvalue weighted by Gasteiger charge is -2.39. The van der Waals surface area contributed by atoms with Gasteiger partial charge in [-0.3, -0.25) is 4.99 Å². The van der Waals surface area contributed by atoms with E-state index < -0.39 is 37.5 Å². The zero-order chi connectivity index (χ0) is 23.3. The highest BCUT2D eigenvalue weighted by atomic mass is 32.2. The van der Waals surface area contributed by atoms with Crippen LogP contribution in [-0.2, 0) is 20.1 Å². The van der Waals surface area contributed by atoms with Gasteiger partial charge in [0, 0.05) is 4.88 Å². The van der Waals surface area contributed by atoms with E-state index in [0.29, 0.717) is 16.0 Å². The molecule has 0 saturated heterocycles. The molecular weight excluding hydrogens is 452 g/mol. The van der Waals surface area contributed by atoms with Crippen LogP contribution >= 0.6 is 11.3 Å². The van der Waals surface area contributed by atoms with E-state index in [4.69, 9.17) is 11.0 Å². The van der Waals surface area contributed by atoms with E-state index in [2.05, 4.69) is 4.99 Å². The molecular formula is C23H19F2N3O2S2. The Hall–Kier alpha value is -3.09. The van der Waals surface area contributed by atoms with Crippen molar-refractivity contribution in [3.05, 3.63) is 82.2 Å². The van der Waals surface area contributed by atoms with Gasteiger partial charge in [-0.1, -0.05) is 24.3 Å². The fourth-order valence-electron chi connectivity index (χ4n) is 3.93. The van der Waals surface area contributed by atoms with E-state index in [1.807, 2.05) is 6.07 Å². The lowest BCUT2D eigenvalue weighted by Crippen LogP contribution is -2.54. The second-order valence-corrected chi connectivity index (χ2v) is 11.4. The van der Waals surface area contributed by atoms with Crippen LogP contribution in [0, 0.1) is 23.0 Å². The number of hydrogen-bond acceptors (Lipinski definition) is 6. The third-order valence-electron chi connectivity index (χ3n) is 5.78. The van der Waals surface area contributed by atoms with Gasteiger partial charge in [-0.15, -0.1) is 11.3 Å². The van der Waals surface area contributed by atoms with E-state index in [0.717, 1.165) is 17.4 Å². The van der Waals surface area contributed by atoms with Crippen LogP contribution in [0.2, 0.25) is 0 Å². The summed E-state index contributed by atoms with van der Waals surface area (Å²) in [5, 5.41) is 9.12. The average Bonchev–Trinajstić information content (AvgIpc) is 3.14. The maximum absolute atomic E-state index is 15.0. The standard InChI is InChI=1S/C23H19F2N3O2S2/c1-22(20-18(25)11-19(31-20)15-6-3-5-14(9-15)12-26)13-32(29,30)23(2,21(27)28-22)16-7-4-8-17(24)10-16/h3-11H,13H2,1-2H3,(H2,27,28)/t22-,23+/m0/s1. The molecule has 0 radical (unpaired) electrons. The molecule has 0 unspecified atom stereocenters. The van der Waals surface area contributed by atoms with Crippen molar-refractivity contribution in [3.8, 4) is 16.5 Å². The summed E-state index contributed by atoms with van der Waals surface area (Å²) in [6, 6.07) is 15.3. The Kier molecular flexibility index (Phi) is 5.18. The largest absolute Gasteiger partial charge is 0.386 e. The fourth-order valence-corrected chi connectivity index (χ4v) is 7.23. The average molecular weight is 472 g/mol. The second kappa shape index (κ2) is 7.50. The predicted molar refractivity (Wildman–Crippen MR) is 121 cm³/mol. The van der Waals surface area contributed by atoms with Gasteiger partial charge in [0.2, 0.25) is 0 Å². The van der Waals surface area contributed by atoms with Crippen molar-refractivity contribution >= 4 is 27.0 Å². The molecule has 32 heavy (non-hydrogen) atoms. The highest BCUT2D eigenvalue weighted by Crippen LogP contribution is 2.46. The first kappa shape index (κ1) is 22.1. The molecule has 4 rings (SSSR count). The number of nitrogens with zero attached hydrogens (tertiary/aromatic N) is 2. The quantitative estimate of drug-likeness (QED) is 0.609. The molecule has 3 aromatic rings. The first-order valence-electron chi connectivity index (χ1n) is 9.65. The summed E-state index contributed by atoms with van der Waals surface area (Å²) in [4.78, 5) is 5.12. The number of rotatable bonds is 3. The van der Waals surface area contributed by atoms with Gasteiger partial charge < -0.3 is 5.73 Å². The number of sulfone groups is 1. The molecule has 0 amide bonds. The first-order chi connectivity index (χ1) is 15.0. The summed E-state index contributed by atoms with van der Waals surface area (Å²) in [5.41, 5.74) is 5.97. The Morgan fingerprint density at radius 1 is 1.12 bits per heavy atom. The highest BCUT2D eigenvalue weighted by molar-refractivity contribution is 7.93. The Morgan fingerprint density at radius 2 is 1.84 bits per heavy atom. The number of amidine groups is 1. The van der Waals surface area contributed by atoms with Crippen molar-refractivity contribution in [2.45, 2.75) is 24.1 Å².